The number of Topliss-reactive ketones (excluding diaryl/α,β-unsaturated/α-hetero) is 1. The number of carbonyl (C=O) groups is 3. The number of carbonyl (C=O) groups excluding carboxylic acids is 3. The molecule has 1 aliphatic heterocycles. The summed E-state index contributed by atoms with van der Waals surface area (Å²) in [6.07, 6.45) is -0.814. The number of rotatable bonds is 1. The second-order valence-electron chi connectivity index (χ2n) is 6.09. The maximum Gasteiger partial charge on any atom is 0.417 e. The third-order valence-electron chi connectivity index (χ3n) is 3.12. The fraction of sp³-hybridized carbons (Fsp3) is 0.438. The molecule has 0 N–H and O–H groups in total. The van der Waals surface area contributed by atoms with Crippen molar-refractivity contribution in [1.29, 1.82) is 0 Å². The molecule has 1 fully saturated rings. The monoisotopic (exact) mass is 289 g/mol. The Balaban J connectivity index is 2.32. The topological polar surface area (TPSA) is 63.7 Å². The molecule has 2 rings (SSSR count). The molecule has 1 unspecified atom stereocenters. The Bertz CT molecular complexity index is 559. The summed E-state index contributed by atoms with van der Waals surface area (Å²) in [4.78, 5) is 37.2. The second kappa shape index (κ2) is 5.68. The summed E-state index contributed by atoms with van der Waals surface area (Å²) in [6, 6.07) is 8.48. The highest BCUT2D eigenvalue weighted by atomic mass is 16.6. The van der Waals surface area contributed by atoms with E-state index in [9.17, 15) is 14.4 Å². The van der Waals surface area contributed by atoms with Crippen LogP contribution in [-0.4, -0.2) is 28.3 Å². The SMILES string of the molecule is CC(C)(C)OC(=O)N1C(=O)CC(=O)CC1c1ccccc1. The molecule has 5 nitrogen and oxygen atoms in total. The van der Waals surface area contributed by atoms with Crippen LogP contribution >= 0.6 is 0 Å². The average molecular weight is 289 g/mol. The van der Waals surface area contributed by atoms with Gasteiger partial charge in [-0.3, -0.25) is 9.59 Å². The molecule has 112 valence electrons. The number of nitrogens with zero attached hydrogens (tertiary/aromatic N) is 1. The fourth-order valence-electron chi connectivity index (χ4n) is 2.29. The van der Waals surface area contributed by atoms with Crippen molar-refractivity contribution in [3.63, 3.8) is 0 Å². The van der Waals surface area contributed by atoms with Crippen LogP contribution in [0.1, 0.15) is 45.2 Å². The van der Waals surface area contributed by atoms with Crippen LogP contribution < -0.4 is 0 Å². The van der Waals surface area contributed by atoms with Crippen LogP contribution in [-0.2, 0) is 14.3 Å². The second-order valence-corrected chi connectivity index (χ2v) is 6.09. The van der Waals surface area contributed by atoms with E-state index in [0.29, 0.717) is 0 Å². The van der Waals surface area contributed by atoms with Gasteiger partial charge in [-0.05, 0) is 26.3 Å². The molecule has 1 saturated heterocycles. The van der Waals surface area contributed by atoms with E-state index in [1.54, 1.807) is 32.9 Å². The number of amides is 2. The van der Waals surface area contributed by atoms with Gasteiger partial charge in [0.05, 0.1) is 12.5 Å². The number of benzene rings is 1. The standard InChI is InChI=1S/C16H19NO4/c1-16(2,3)21-15(20)17-13(9-12(18)10-14(17)19)11-7-5-4-6-8-11/h4-8,13H,9-10H2,1-3H3. The van der Waals surface area contributed by atoms with E-state index in [2.05, 4.69) is 0 Å². The fourth-order valence-corrected chi connectivity index (χ4v) is 2.29. The minimum absolute atomic E-state index is 0.134. The van der Waals surface area contributed by atoms with Crippen LogP contribution in [0.2, 0.25) is 0 Å². The maximum absolute atomic E-state index is 12.3. The molecular weight excluding hydrogens is 270 g/mol. The van der Waals surface area contributed by atoms with Gasteiger partial charge in [-0.25, -0.2) is 9.69 Å². The first kappa shape index (κ1) is 15.2. The lowest BCUT2D eigenvalue weighted by Crippen LogP contribution is -2.47. The first-order valence-corrected chi connectivity index (χ1v) is 6.89. The Morgan fingerprint density at radius 3 is 2.38 bits per heavy atom. The Hall–Kier alpha value is -2.17. The van der Waals surface area contributed by atoms with E-state index in [1.165, 1.54) is 0 Å². The van der Waals surface area contributed by atoms with E-state index < -0.39 is 23.6 Å². The van der Waals surface area contributed by atoms with Gasteiger partial charge in [0.15, 0.2) is 0 Å². The molecule has 1 heterocycles. The van der Waals surface area contributed by atoms with Gasteiger partial charge in [0.1, 0.15) is 11.4 Å². The van der Waals surface area contributed by atoms with E-state index in [0.717, 1.165) is 10.5 Å². The average Bonchev–Trinajstić information content (AvgIpc) is 2.36. The lowest BCUT2D eigenvalue weighted by molar-refractivity contribution is -0.141. The van der Waals surface area contributed by atoms with Gasteiger partial charge in [0, 0.05) is 6.42 Å². The minimum atomic E-state index is -0.700. The molecule has 1 atom stereocenters. The predicted octanol–water partition coefficient (Wildman–Crippen LogP) is 2.85. The van der Waals surface area contributed by atoms with Crippen LogP contribution in [0.4, 0.5) is 4.79 Å². The summed E-state index contributed by atoms with van der Waals surface area (Å²) in [7, 11) is 0. The molecular formula is C16H19NO4. The Morgan fingerprint density at radius 1 is 1.19 bits per heavy atom. The molecule has 0 radical (unpaired) electrons. The van der Waals surface area contributed by atoms with Crippen LogP contribution in [0.25, 0.3) is 0 Å². The Labute approximate surface area is 123 Å². The van der Waals surface area contributed by atoms with Gasteiger partial charge in [-0.2, -0.15) is 0 Å². The first-order chi connectivity index (χ1) is 9.78. The van der Waals surface area contributed by atoms with Crippen molar-refractivity contribution < 1.29 is 19.1 Å². The van der Waals surface area contributed by atoms with Crippen molar-refractivity contribution in [3.05, 3.63) is 35.9 Å². The molecule has 1 aromatic rings. The Morgan fingerprint density at radius 2 is 1.81 bits per heavy atom. The number of hydrogen-bond acceptors (Lipinski definition) is 4. The number of ketones is 1. The molecule has 0 bridgehead atoms. The van der Waals surface area contributed by atoms with Gasteiger partial charge in [0.25, 0.3) is 0 Å². The molecule has 1 aromatic carbocycles. The summed E-state index contributed by atoms with van der Waals surface area (Å²) in [5.41, 5.74) is 0.0600. The van der Waals surface area contributed by atoms with Crippen molar-refractivity contribution in [2.24, 2.45) is 0 Å². The van der Waals surface area contributed by atoms with Crippen molar-refractivity contribution in [3.8, 4) is 0 Å². The third-order valence-corrected chi connectivity index (χ3v) is 3.12. The van der Waals surface area contributed by atoms with Crippen molar-refractivity contribution in [1.82, 2.24) is 4.90 Å². The summed E-state index contributed by atoms with van der Waals surface area (Å²) in [6.45, 7) is 5.21. The van der Waals surface area contributed by atoms with Gasteiger partial charge >= 0.3 is 6.09 Å². The zero-order valence-electron chi connectivity index (χ0n) is 12.5. The van der Waals surface area contributed by atoms with E-state index in [1.807, 2.05) is 18.2 Å². The quantitative estimate of drug-likeness (QED) is 0.746. The molecule has 2 amide bonds. The smallest absolute Gasteiger partial charge is 0.417 e. The van der Waals surface area contributed by atoms with Crippen molar-refractivity contribution in [2.45, 2.75) is 45.3 Å². The summed E-state index contributed by atoms with van der Waals surface area (Å²) < 4.78 is 5.29. The predicted molar refractivity (Wildman–Crippen MR) is 76.5 cm³/mol. The van der Waals surface area contributed by atoms with Gasteiger partial charge < -0.3 is 4.74 Å². The number of ether oxygens (including phenoxy) is 1. The summed E-state index contributed by atoms with van der Waals surface area (Å²) >= 11 is 0. The lowest BCUT2D eigenvalue weighted by Gasteiger charge is -2.34. The maximum atomic E-state index is 12.3. The summed E-state index contributed by atoms with van der Waals surface area (Å²) in [5.74, 6) is -0.664. The number of piperidine rings is 1. The molecule has 5 heteroatoms. The van der Waals surface area contributed by atoms with Crippen LogP contribution in [0.3, 0.4) is 0 Å². The minimum Gasteiger partial charge on any atom is -0.443 e. The highest BCUT2D eigenvalue weighted by Crippen LogP contribution is 2.31. The first-order valence-electron chi connectivity index (χ1n) is 6.89. The molecule has 0 spiro atoms. The van der Waals surface area contributed by atoms with Gasteiger partial charge in [-0.1, -0.05) is 30.3 Å². The zero-order chi connectivity index (χ0) is 15.6. The van der Waals surface area contributed by atoms with E-state index in [-0.39, 0.29) is 18.6 Å². The van der Waals surface area contributed by atoms with Gasteiger partial charge in [0.2, 0.25) is 5.91 Å². The largest absolute Gasteiger partial charge is 0.443 e. The Kier molecular flexibility index (Phi) is 4.11. The molecule has 1 aliphatic rings. The van der Waals surface area contributed by atoms with Crippen LogP contribution in [0, 0.1) is 0 Å². The molecule has 0 aliphatic carbocycles. The number of imide groups is 1. The third kappa shape index (κ3) is 3.68. The highest BCUT2D eigenvalue weighted by Gasteiger charge is 2.39. The molecule has 0 aromatic heterocycles. The summed E-state index contributed by atoms with van der Waals surface area (Å²) in [5, 5.41) is 0. The highest BCUT2D eigenvalue weighted by molar-refractivity contribution is 6.06. The van der Waals surface area contributed by atoms with E-state index in [4.69, 9.17) is 4.74 Å². The number of likely N-dealkylation sites (tertiary alicyclic amines) is 1. The molecule has 0 saturated carbocycles. The van der Waals surface area contributed by atoms with Crippen LogP contribution in [0.5, 0.6) is 0 Å². The van der Waals surface area contributed by atoms with Crippen molar-refractivity contribution >= 4 is 17.8 Å². The number of hydrogen-bond donors (Lipinski definition) is 0. The van der Waals surface area contributed by atoms with E-state index >= 15 is 0 Å². The van der Waals surface area contributed by atoms with Crippen LogP contribution in [0.15, 0.2) is 30.3 Å². The van der Waals surface area contributed by atoms with Gasteiger partial charge in [-0.15, -0.1) is 0 Å². The molecule has 21 heavy (non-hydrogen) atoms. The lowest BCUT2D eigenvalue weighted by atomic mass is 9.94. The van der Waals surface area contributed by atoms with Crippen molar-refractivity contribution in [2.75, 3.05) is 0 Å². The zero-order valence-corrected chi connectivity index (χ0v) is 12.5. The normalized spacial score (nSPS) is 19.6.